The van der Waals surface area contributed by atoms with Crippen LogP contribution in [-0.2, 0) is 21.1 Å². The third kappa shape index (κ3) is 5.77. The van der Waals surface area contributed by atoms with Crippen molar-refractivity contribution in [3.05, 3.63) is 23.3 Å². The normalized spacial score (nSPS) is 18.3. The summed E-state index contributed by atoms with van der Waals surface area (Å²) in [6.45, 7) is 9.36. The minimum absolute atomic E-state index is 0.221. The highest BCUT2D eigenvalue weighted by atomic mass is 32.2. The number of hydrogen-bond acceptors (Lipinski definition) is 11. The van der Waals surface area contributed by atoms with E-state index in [4.69, 9.17) is 14.7 Å². The molecular weight excluding hydrogens is 498 g/mol. The van der Waals surface area contributed by atoms with Gasteiger partial charge in [0.1, 0.15) is 20.5 Å². The molecule has 2 aliphatic rings. The second-order valence-corrected chi connectivity index (χ2v) is 13.2. The van der Waals surface area contributed by atoms with E-state index in [1.165, 1.54) is 11.1 Å². The number of likely N-dealkylation sites (tertiary alicyclic amines) is 1. The van der Waals surface area contributed by atoms with Crippen molar-refractivity contribution in [2.24, 2.45) is 0 Å². The number of thiophene rings is 1. The Morgan fingerprint density at radius 3 is 2.44 bits per heavy atom. The molecule has 2 aliphatic heterocycles. The van der Waals surface area contributed by atoms with Gasteiger partial charge in [-0.25, -0.2) is 28.4 Å². The van der Waals surface area contributed by atoms with Gasteiger partial charge in [-0.1, -0.05) is 0 Å². The number of nitrogens with one attached hydrogen (secondary N) is 1. The van der Waals surface area contributed by atoms with Gasteiger partial charge in [0.2, 0.25) is 5.95 Å². The fraction of sp³-hybridized carbons (Fsp3) is 0.583. The van der Waals surface area contributed by atoms with Gasteiger partial charge in [-0.3, -0.25) is 4.90 Å². The Labute approximate surface area is 216 Å². The number of fused-ring (bicyclic) bond motifs is 1. The van der Waals surface area contributed by atoms with Gasteiger partial charge in [0.05, 0.1) is 29.4 Å². The molecule has 3 aromatic rings. The number of ether oxygens (including phenoxy) is 1. The summed E-state index contributed by atoms with van der Waals surface area (Å²) in [5, 5.41) is 4.03. The molecule has 12 heteroatoms. The standard InChI is InChI=1S/C24H33N7O3S2/c1-16(2)27-24-25-13-17(14-26-24)21-28-22(31-8-10-34-11-9-31)20-12-18(35-23(20)29-21)15-30-6-4-19(5-7-30)36(3,32)33/h12-14,16,19H,4-11,15H2,1-3H3,(H,25,26,27). The molecule has 0 amide bonds. The number of rotatable bonds is 7. The first kappa shape index (κ1) is 25.2. The molecule has 5 rings (SSSR count). The van der Waals surface area contributed by atoms with Crippen LogP contribution in [0.4, 0.5) is 11.8 Å². The fourth-order valence-electron chi connectivity index (χ4n) is 4.67. The molecule has 194 valence electrons. The summed E-state index contributed by atoms with van der Waals surface area (Å²) in [6, 6.07) is 2.45. The van der Waals surface area contributed by atoms with E-state index in [-0.39, 0.29) is 11.3 Å². The summed E-state index contributed by atoms with van der Waals surface area (Å²) in [6.07, 6.45) is 6.26. The number of sulfone groups is 1. The van der Waals surface area contributed by atoms with Crippen LogP contribution >= 0.6 is 11.3 Å². The Bertz CT molecular complexity index is 1300. The third-order valence-corrected chi connectivity index (χ3v) is 9.28. The Morgan fingerprint density at radius 2 is 1.81 bits per heavy atom. The van der Waals surface area contributed by atoms with Crippen molar-refractivity contribution in [1.29, 1.82) is 0 Å². The molecule has 0 aromatic carbocycles. The molecule has 2 fully saturated rings. The van der Waals surface area contributed by atoms with E-state index in [1.54, 1.807) is 23.7 Å². The summed E-state index contributed by atoms with van der Waals surface area (Å²) >= 11 is 1.67. The van der Waals surface area contributed by atoms with Crippen molar-refractivity contribution in [2.45, 2.75) is 44.5 Å². The lowest BCUT2D eigenvalue weighted by atomic mass is 10.1. The lowest BCUT2D eigenvalue weighted by Crippen LogP contribution is -2.38. The Balaban J connectivity index is 1.43. The maximum atomic E-state index is 11.9. The summed E-state index contributed by atoms with van der Waals surface area (Å²) in [5.41, 5.74) is 0.776. The molecule has 3 aromatic heterocycles. The van der Waals surface area contributed by atoms with Crippen LogP contribution in [0, 0.1) is 0 Å². The lowest BCUT2D eigenvalue weighted by molar-refractivity contribution is 0.122. The summed E-state index contributed by atoms with van der Waals surface area (Å²) in [4.78, 5) is 25.5. The zero-order valence-corrected chi connectivity index (χ0v) is 22.6. The van der Waals surface area contributed by atoms with Gasteiger partial charge in [-0.2, -0.15) is 0 Å². The minimum atomic E-state index is -2.97. The van der Waals surface area contributed by atoms with E-state index in [2.05, 4.69) is 31.2 Å². The van der Waals surface area contributed by atoms with Gasteiger partial charge in [-0.15, -0.1) is 11.3 Å². The van der Waals surface area contributed by atoms with Gasteiger partial charge >= 0.3 is 0 Å². The average Bonchev–Trinajstić information content (AvgIpc) is 3.26. The van der Waals surface area contributed by atoms with Gasteiger partial charge in [0.15, 0.2) is 5.82 Å². The van der Waals surface area contributed by atoms with Crippen molar-refractivity contribution in [3.8, 4) is 11.4 Å². The number of morpholine rings is 1. The van der Waals surface area contributed by atoms with E-state index in [0.29, 0.717) is 37.8 Å². The van der Waals surface area contributed by atoms with Crippen molar-refractivity contribution in [3.63, 3.8) is 0 Å². The predicted octanol–water partition coefficient (Wildman–Crippen LogP) is 2.81. The maximum Gasteiger partial charge on any atom is 0.222 e. The van der Waals surface area contributed by atoms with Crippen molar-refractivity contribution < 1.29 is 13.2 Å². The van der Waals surface area contributed by atoms with Crippen LogP contribution in [0.3, 0.4) is 0 Å². The zero-order chi connectivity index (χ0) is 25.3. The first-order valence-corrected chi connectivity index (χ1v) is 15.2. The fourth-order valence-corrected chi connectivity index (χ4v) is 6.80. The van der Waals surface area contributed by atoms with Crippen molar-refractivity contribution >= 4 is 43.2 Å². The molecule has 0 radical (unpaired) electrons. The van der Waals surface area contributed by atoms with E-state index < -0.39 is 9.84 Å². The zero-order valence-electron chi connectivity index (χ0n) is 21.0. The molecule has 5 heterocycles. The largest absolute Gasteiger partial charge is 0.378 e. The van der Waals surface area contributed by atoms with E-state index in [1.807, 2.05) is 13.8 Å². The first-order valence-electron chi connectivity index (χ1n) is 12.4. The van der Waals surface area contributed by atoms with Gasteiger partial charge in [0.25, 0.3) is 0 Å². The van der Waals surface area contributed by atoms with Crippen molar-refractivity contribution in [2.75, 3.05) is 55.9 Å². The van der Waals surface area contributed by atoms with Crippen LogP contribution in [0.15, 0.2) is 18.5 Å². The highest BCUT2D eigenvalue weighted by Gasteiger charge is 2.27. The maximum absolute atomic E-state index is 11.9. The van der Waals surface area contributed by atoms with Crippen LogP contribution in [0.1, 0.15) is 31.6 Å². The monoisotopic (exact) mass is 531 g/mol. The van der Waals surface area contributed by atoms with Crippen LogP contribution in [0.5, 0.6) is 0 Å². The Morgan fingerprint density at radius 1 is 1.11 bits per heavy atom. The van der Waals surface area contributed by atoms with E-state index >= 15 is 0 Å². The van der Waals surface area contributed by atoms with E-state index in [0.717, 1.165) is 54.3 Å². The third-order valence-electron chi connectivity index (χ3n) is 6.58. The summed E-state index contributed by atoms with van der Waals surface area (Å²) in [5.74, 6) is 2.12. The second kappa shape index (κ2) is 10.5. The molecule has 2 saturated heterocycles. The van der Waals surface area contributed by atoms with Gasteiger partial charge in [-0.05, 0) is 45.8 Å². The molecule has 0 saturated carbocycles. The van der Waals surface area contributed by atoms with Crippen LogP contribution in [0.2, 0.25) is 0 Å². The molecule has 0 aliphatic carbocycles. The predicted molar refractivity (Wildman–Crippen MR) is 143 cm³/mol. The van der Waals surface area contributed by atoms with Crippen molar-refractivity contribution in [1.82, 2.24) is 24.8 Å². The number of nitrogens with zero attached hydrogens (tertiary/aromatic N) is 6. The number of anilines is 2. The molecule has 0 spiro atoms. The highest BCUT2D eigenvalue weighted by Crippen LogP contribution is 2.34. The van der Waals surface area contributed by atoms with E-state index in [9.17, 15) is 8.42 Å². The number of aromatic nitrogens is 4. The molecular formula is C24H33N7O3S2. The molecule has 0 unspecified atom stereocenters. The Hall–Kier alpha value is -2.41. The van der Waals surface area contributed by atoms with Crippen LogP contribution in [-0.4, -0.2) is 90.2 Å². The second-order valence-electron chi connectivity index (χ2n) is 9.80. The van der Waals surface area contributed by atoms with Gasteiger partial charge < -0.3 is 15.0 Å². The molecule has 1 N–H and O–H groups in total. The average molecular weight is 532 g/mol. The SMILES string of the molecule is CC(C)Nc1ncc(-c2nc(N3CCOCC3)c3cc(CN4CCC(S(C)(=O)=O)CC4)sc3n2)cn1. The summed E-state index contributed by atoms with van der Waals surface area (Å²) in [7, 11) is -2.97. The number of hydrogen-bond donors (Lipinski definition) is 1. The molecule has 10 nitrogen and oxygen atoms in total. The minimum Gasteiger partial charge on any atom is -0.378 e. The molecule has 0 bridgehead atoms. The van der Waals surface area contributed by atoms with Crippen LogP contribution < -0.4 is 10.2 Å². The molecule has 36 heavy (non-hydrogen) atoms. The quantitative estimate of drug-likeness (QED) is 0.488. The van der Waals surface area contributed by atoms with Crippen LogP contribution in [0.25, 0.3) is 21.6 Å². The number of piperidine rings is 1. The topological polar surface area (TPSA) is 113 Å². The van der Waals surface area contributed by atoms with Gasteiger partial charge in [0, 0.05) is 49.2 Å². The summed E-state index contributed by atoms with van der Waals surface area (Å²) < 4.78 is 29.4. The molecule has 0 atom stereocenters. The first-order chi connectivity index (χ1) is 17.3. The smallest absolute Gasteiger partial charge is 0.222 e. The highest BCUT2D eigenvalue weighted by molar-refractivity contribution is 7.91. The Kier molecular flexibility index (Phi) is 7.38. The lowest BCUT2D eigenvalue weighted by Gasteiger charge is -2.30.